The fourth-order valence-electron chi connectivity index (χ4n) is 1.82. The summed E-state index contributed by atoms with van der Waals surface area (Å²) in [5.41, 5.74) is 0.0993. The summed E-state index contributed by atoms with van der Waals surface area (Å²) >= 11 is 0. The molecule has 0 aliphatic carbocycles. The number of carbonyl (C=O) groups excluding carboxylic acids is 1. The molecule has 0 saturated carbocycles. The van der Waals surface area contributed by atoms with Crippen molar-refractivity contribution in [3.63, 3.8) is 0 Å². The minimum absolute atomic E-state index is 0.0432. The van der Waals surface area contributed by atoms with Crippen LogP contribution in [0.3, 0.4) is 0 Å². The minimum Gasteiger partial charge on any atom is -0.338 e. The molecule has 3 N–H and O–H groups in total. The van der Waals surface area contributed by atoms with Gasteiger partial charge in [0.1, 0.15) is 0 Å². The molecule has 4 nitrogen and oxygen atoms in total. The molecule has 0 bridgehead atoms. The zero-order chi connectivity index (χ0) is 11.1. The topological polar surface area (TPSA) is 53.2 Å². The predicted octanol–water partition coefficient (Wildman–Crippen LogP) is 1.23. The van der Waals surface area contributed by atoms with Gasteiger partial charge >= 0.3 is 6.03 Å². The molecule has 4 heteroatoms. The van der Waals surface area contributed by atoms with Crippen molar-refractivity contribution in [1.29, 1.82) is 0 Å². The largest absolute Gasteiger partial charge is 0.338 e. The smallest absolute Gasteiger partial charge is 0.314 e. The highest BCUT2D eigenvalue weighted by Gasteiger charge is 2.27. The molecule has 1 fully saturated rings. The predicted molar refractivity (Wildman–Crippen MR) is 62.0 cm³/mol. The van der Waals surface area contributed by atoms with Crippen LogP contribution in [-0.2, 0) is 0 Å². The van der Waals surface area contributed by atoms with E-state index in [1.54, 1.807) is 0 Å². The van der Waals surface area contributed by atoms with Crippen LogP contribution < -0.4 is 16.0 Å². The summed E-state index contributed by atoms with van der Waals surface area (Å²) in [5, 5.41) is 9.17. The van der Waals surface area contributed by atoms with E-state index in [4.69, 9.17) is 0 Å². The summed E-state index contributed by atoms with van der Waals surface area (Å²) in [6.45, 7) is 6.82. The first kappa shape index (κ1) is 12.3. The van der Waals surface area contributed by atoms with Gasteiger partial charge in [-0.15, -0.1) is 0 Å². The molecule has 0 radical (unpaired) electrons. The van der Waals surface area contributed by atoms with Gasteiger partial charge in [-0.2, -0.15) is 0 Å². The summed E-state index contributed by atoms with van der Waals surface area (Å²) < 4.78 is 0. The summed E-state index contributed by atoms with van der Waals surface area (Å²) in [6.07, 6.45) is 4.50. The summed E-state index contributed by atoms with van der Waals surface area (Å²) in [5.74, 6) is 0. The van der Waals surface area contributed by atoms with Gasteiger partial charge < -0.3 is 16.0 Å². The lowest BCUT2D eigenvalue weighted by Gasteiger charge is -2.24. The van der Waals surface area contributed by atoms with Crippen LogP contribution in [0.1, 0.15) is 39.5 Å². The molecule has 1 saturated heterocycles. The van der Waals surface area contributed by atoms with Crippen molar-refractivity contribution >= 4 is 6.03 Å². The molecule has 0 aromatic rings. The summed E-state index contributed by atoms with van der Waals surface area (Å²) in [4.78, 5) is 11.4. The van der Waals surface area contributed by atoms with E-state index in [9.17, 15) is 4.79 Å². The van der Waals surface area contributed by atoms with E-state index < -0.39 is 0 Å². The maximum Gasteiger partial charge on any atom is 0.314 e. The van der Waals surface area contributed by atoms with Crippen molar-refractivity contribution < 1.29 is 4.79 Å². The van der Waals surface area contributed by atoms with Crippen LogP contribution >= 0.6 is 0 Å². The number of hydrogen-bond donors (Lipinski definition) is 3. The number of hydrogen-bond acceptors (Lipinski definition) is 2. The Kier molecular flexibility index (Phi) is 4.88. The number of urea groups is 1. The van der Waals surface area contributed by atoms with Crippen molar-refractivity contribution in [3.05, 3.63) is 0 Å². The fourth-order valence-corrected chi connectivity index (χ4v) is 1.82. The monoisotopic (exact) mass is 213 g/mol. The fraction of sp³-hybridized carbons (Fsp3) is 0.909. The Morgan fingerprint density at radius 3 is 2.87 bits per heavy atom. The first-order valence-electron chi connectivity index (χ1n) is 5.93. The van der Waals surface area contributed by atoms with E-state index >= 15 is 0 Å². The highest BCUT2D eigenvalue weighted by Crippen LogP contribution is 2.16. The second-order valence-corrected chi connectivity index (χ2v) is 4.55. The molecule has 1 heterocycles. The van der Waals surface area contributed by atoms with Gasteiger partial charge in [0.15, 0.2) is 0 Å². The molecule has 1 unspecified atom stereocenters. The highest BCUT2D eigenvalue weighted by atomic mass is 16.2. The zero-order valence-corrected chi connectivity index (χ0v) is 9.86. The van der Waals surface area contributed by atoms with Gasteiger partial charge in [0.05, 0.1) is 0 Å². The van der Waals surface area contributed by atoms with Gasteiger partial charge in [-0.3, -0.25) is 0 Å². The van der Waals surface area contributed by atoms with Crippen LogP contribution in [0, 0.1) is 0 Å². The van der Waals surface area contributed by atoms with Crippen LogP contribution in [0.5, 0.6) is 0 Å². The Balaban J connectivity index is 2.10. The van der Waals surface area contributed by atoms with E-state index in [1.165, 1.54) is 6.42 Å². The molecule has 1 rings (SSSR count). The number of rotatable bonds is 5. The molecule has 1 aliphatic heterocycles. The number of carbonyl (C=O) groups is 1. The highest BCUT2D eigenvalue weighted by molar-refractivity contribution is 5.73. The van der Waals surface area contributed by atoms with E-state index in [-0.39, 0.29) is 11.6 Å². The SMILES string of the molecule is CCCCNC(=O)NCC1(C)CCCN1. The molecular formula is C11H23N3O. The zero-order valence-electron chi connectivity index (χ0n) is 9.86. The van der Waals surface area contributed by atoms with Crippen LogP contribution in [-0.4, -0.2) is 31.2 Å². The Labute approximate surface area is 92.2 Å². The number of amides is 2. The molecule has 0 aromatic heterocycles. The van der Waals surface area contributed by atoms with Crippen molar-refractivity contribution in [3.8, 4) is 0 Å². The van der Waals surface area contributed by atoms with Crippen molar-refractivity contribution in [2.75, 3.05) is 19.6 Å². The van der Waals surface area contributed by atoms with Gasteiger partial charge in [0.2, 0.25) is 0 Å². The molecule has 2 amide bonds. The van der Waals surface area contributed by atoms with Crippen molar-refractivity contribution in [2.24, 2.45) is 0 Å². The third-order valence-electron chi connectivity index (χ3n) is 2.91. The Morgan fingerprint density at radius 1 is 1.47 bits per heavy atom. The Morgan fingerprint density at radius 2 is 2.27 bits per heavy atom. The summed E-state index contributed by atoms with van der Waals surface area (Å²) in [6, 6.07) is -0.0432. The lowest BCUT2D eigenvalue weighted by molar-refractivity contribution is 0.236. The quantitative estimate of drug-likeness (QED) is 0.602. The molecule has 0 spiro atoms. The van der Waals surface area contributed by atoms with Gasteiger partial charge in [0, 0.05) is 18.6 Å². The molecule has 1 aliphatic rings. The Hall–Kier alpha value is -0.770. The van der Waals surface area contributed by atoms with Crippen molar-refractivity contribution in [2.45, 2.75) is 45.1 Å². The van der Waals surface area contributed by atoms with E-state index in [0.29, 0.717) is 6.54 Å². The second-order valence-electron chi connectivity index (χ2n) is 4.55. The van der Waals surface area contributed by atoms with Gasteiger partial charge in [0.25, 0.3) is 0 Å². The third kappa shape index (κ3) is 4.51. The number of unbranched alkanes of at least 4 members (excludes halogenated alkanes) is 1. The van der Waals surface area contributed by atoms with Crippen LogP contribution in [0.15, 0.2) is 0 Å². The molecular weight excluding hydrogens is 190 g/mol. The lowest BCUT2D eigenvalue weighted by Crippen LogP contribution is -2.49. The van der Waals surface area contributed by atoms with Crippen molar-refractivity contribution in [1.82, 2.24) is 16.0 Å². The molecule has 88 valence electrons. The first-order valence-corrected chi connectivity index (χ1v) is 5.93. The van der Waals surface area contributed by atoms with E-state index in [0.717, 1.165) is 32.4 Å². The third-order valence-corrected chi connectivity index (χ3v) is 2.91. The van der Waals surface area contributed by atoms with Gasteiger partial charge in [-0.1, -0.05) is 13.3 Å². The maximum atomic E-state index is 11.4. The maximum absolute atomic E-state index is 11.4. The number of nitrogens with one attached hydrogen (secondary N) is 3. The minimum atomic E-state index is -0.0432. The van der Waals surface area contributed by atoms with Crippen LogP contribution in [0.25, 0.3) is 0 Å². The lowest BCUT2D eigenvalue weighted by atomic mass is 10.0. The van der Waals surface area contributed by atoms with Gasteiger partial charge in [-0.05, 0) is 32.7 Å². The molecule has 1 atom stereocenters. The standard InChI is InChI=1S/C11H23N3O/c1-3-4-7-12-10(15)13-9-11(2)6-5-8-14-11/h14H,3-9H2,1-2H3,(H2,12,13,15). The van der Waals surface area contributed by atoms with E-state index in [1.807, 2.05) is 0 Å². The average molecular weight is 213 g/mol. The molecule has 0 aromatic carbocycles. The van der Waals surface area contributed by atoms with Crippen LogP contribution in [0.4, 0.5) is 4.79 Å². The van der Waals surface area contributed by atoms with E-state index in [2.05, 4.69) is 29.8 Å². The first-order chi connectivity index (χ1) is 7.16. The summed E-state index contributed by atoms with van der Waals surface area (Å²) in [7, 11) is 0. The van der Waals surface area contributed by atoms with Crippen LogP contribution in [0.2, 0.25) is 0 Å². The second kappa shape index (κ2) is 5.95. The van der Waals surface area contributed by atoms with Gasteiger partial charge in [-0.25, -0.2) is 4.79 Å². The Bertz CT molecular complexity index is 200. The normalized spacial score (nSPS) is 25.2. The average Bonchev–Trinajstić information content (AvgIpc) is 2.64. The molecule has 15 heavy (non-hydrogen) atoms.